The number of hydrogen-bond donors (Lipinski definition) is 2. The predicted octanol–water partition coefficient (Wildman–Crippen LogP) is 2.94. The van der Waals surface area contributed by atoms with E-state index in [9.17, 15) is 18.0 Å². The minimum Gasteiger partial charge on any atom is -0.375 e. The monoisotopic (exact) mass is 544 g/mol. The second-order valence-corrected chi connectivity index (χ2v) is 11.9. The molecule has 38 heavy (non-hydrogen) atoms. The van der Waals surface area contributed by atoms with Crippen LogP contribution in [0.25, 0.3) is 0 Å². The summed E-state index contributed by atoms with van der Waals surface area (Å²) in [6.45, 7) is 2.49. The fourth-order valence-electron chi connectivity index (χ4n) is 4.45. The van der Waals surface area contributed by atoms with Gasteiger partial charge in [-0.25, -0.2) is 12.7 Å². The van der Waals surface area contributed by atoms with Crippen molar-refractivity contribution in [2.24, 2.45) is 0 Å². The van der Waals surface area contributed by atoms with E-state index >= 15 is 0 Å². The van der Waals surface area contributed by atoms with Crippen molar-refractivity contribution in [1.82, 2.24) is 14.9 Å². The molecule has 0 radical (unpaired) electrons. The van der Waals surface area contributed by atoms with Gasteiger partial charge in [0.25, 0.3) is 11.8 Å². The number of amides is 2. The highest BCUT2D eigenvalue weighted by molar-refractivity contribution is 7.89. The van der Waals surface area contributed by atoms with Gasteiger partial charge in [-0.1, -0.05) is 31.4 Å². The Balaban J connectivity index is 1.70. The van der Waals surface area contributed by atoms with Crippen LogP contribution in [-0.4, -0.2) is 72.0 Å². The van der Waals surface area contributed by atoms with Gasteiger partial charge in [-0.3, -0.25) is 9.59 Å². The van der Waals surface area contributed by atoms with Gasteiger partial charge in [0.05, 0.1) is 4.90 Å². The Bertz CT molecular complexity index is 1180. The highest BCUT2D eigenvalue weighted by Crippen LogP contribution is 2.24. The van der Waals surface area contributed by atoms with Crippen LogP contribution in [0.4, 0.5) is 5.69 Å². The van der Waals surface area contributed by atoms with Gasteiger partial charge in [-0.2, -0.15) is 0 Å². The van der Waals surface area contributed by atoms with Crippen LogP contribution in [-0.2, 0) is 32.5 Å². The zero-order valence-electron chi connectivity index (χ0n) is 22.7. The maximum Gasteiger partial charge on any atom is 0.252 e. The number of carbonyl (C=O) groups excluding carboxylic acids is 2. The molecule has 0 saturated heterocycles. The lowest BCUT2D eigenvalue weighted by atomic mass is 10.0. The SMILES string of the molecule is COCC(=O)N1CCCCCCCNCc2cc(C(=O)NCCc3ccc(S(=O)(=O)N(C)C)cc3)ccc21. The molecule has 2 amide bonds. The van der Waals surface area contributed by atoms with Crippen molar-refractivity contribution in [3.8, 4) is 0 Å². The van der Waals surface area contributed by atoms with E-state index < -0.39 is 10.0 Å². The van der Waals surface area contributed by atoms with Crippen molar-refractivity contribution in [3.05, 3.63) is 59.2 Å². The van der Waals surface area contributed by atoms with Crippen LogP contribution in [0.1, 0.15) is 53.6 Å². The fraction of sp³-hybridized carbons (Fsp3) is 0.500. The molecule has 0 unspecified atom stereocenters. The molecule has 9 nitrogen and oxygen atoms in total. The zero-order chi connectivity index (χ0) is 27.5. The lowest BCUT2D eigenvalue weighted by Crippen LogP contribution is -2.36. The lowest BCUT2D eigenvalue weighted by molar-refractivity contribution is -0.122. The molecule has 2 aromatic carbocycles. The Morgan fingerprint density at radius 2 is 1.74 bits per heavy atom. The summed E-state index contributed by atoms with van der Waals surface area (Å²) in [5.74, 6) is -0.284. The van der Waals surface area contributed by atoms with Crippen LogP contribution in [0.2, 0.25) is 0 Å². The molecule has 10 heteroatoms. The van der Waals surface area contributed by atoms with Crippen LogP contribution in [0.5, 0.6) is 0 Å². The quantitative estimate of drug-likeness (QED) is 0.529. The number of sulfonamides is 1. The van der Waals surface area contributed by atoms with Crippen LogP contribution < -0.4 is 15.5 Å². The van der Waals surface area contributed by atoms with Crippen molar-refractivity contribution in [2.45, 2.75) is 50.0 Å². The number of nitrogens with zero attached hydrogens (tertiary/aromatic N) is 2. The fourth-order valence-corrected chi connectivity index (χ4v) is 5.35. The summed E-state index contributed by atoms with van der Waals surface area (Å²) in [4.78, 5) is 27.8. The van der Waals surface area contributed by atoms with Crippen molar-refractivity contribution >= 4 is 27.5 Å². The van der Waals surface area contributed by atoms with E-state index in [0.29, 0.717) is 31.6 Å². The normalized spacial score (nSPS) is 15.3. The van der Waals surface area contributed by atoms with E-state index in [1.807, 2.05) is 12.1 Å². The minimum absolute atomic E-state index is 0.0111. The standard InChI is InChI=1S/C28H40N4O5S/c1-31(2)38(35,36)25-12-9-22(10-13-25)15-17-30-28(34)23-11-14-26-24(19-23)20-29-16-7-5-4-6-8-18-32(26)27(33)21-37-3/h9-14,19,29H,4-8,15-18,20-21H2,1-3H3,(H,30,34). The topological polar surface area (TPSA) is 108 Å². The molecule has 0 aromatic heterocycles. The maximum atomic E-state index is 13.0. The smallest absolute Gasteiger partial charge is 0.252 e. The molecule has 0 fully saturated rings. The van der Waals surface area contributed by atoms with Gasteiger partial charge in [0.15, 0.2) is 0 Å². The van der Waals surface area contributed by atoms with Gasteiger partial charge in [0, 0.05) is 52.1 Å². The van der Waals surface area contributed by atoms with Crippen molar-refractivity contribution in [1.29, 1.82) is 0 Å². The van der Waals surface area contributed by atoms with Gasteiger partial charge >= 0.3 is 0 Å². The Hall–Kier alpha value is -2.79. The number of hydrogen-bond acceptors (Lipinski definition) is 6. The summed E-state index contributed by atoms with van der Waals surface area (Å²) in [6.07, 6.45) is 5.97. The Labute approximate surface area is 226 Å². The van der Waals surface area contributed by atoms with Gasteiger partial charge in [-0.05, 0) is 67.3 Å². The highest BCUT2D eigenvalue weighted by atomic mass is 32.2. The van der Waals surface area contributed by atoms with Crippen molar-refractivity contribution in [3.63, 3.8) is 0 Å². The van der Waals surface area contributed by atoms with E-state index in [4.69, 9.17) is 4.74 Å². The van der Waals surface area contributed by atoms with Crippen LogP contribution in [0.3, 0.4) is 0 Å². The average Bonchev–Trinajstić information content (AvgIpc) is 2.89. The van der Waals surface area contributed by atoms with Gasteiger partial charge in [0.1, 0.15) is 6.61 Å². The molecular weight excluding hydrogens is 504 g/mol. The third-order valence-electron chi connectivity index (χ3n) is 6.65. The Morgan fingerprint density at radius 1 is 1.03 bits per heavy atom. The molecule has 1 heterocycles. The van der Waals surface area contributed by atoms with Crippen molar-refractivity contribution < 1.29 is 22.7 Å². The third kappa shape index (κ3) is 8.10. The highest BCUT2D eigenvalue weighted by Gasteiger charge is 2.20. The van der Waals surface area contributed by atoms with Crippen molar-refractivity contribution in [2.75, 3.05) is 52.3 Å². The zero-order valence-corrected chi connectivity index (χ0v) is 23.5. The number of benzene rings is 2. The number of anilines is 1. The summed E-state index contributed by atoms with van der Waals surface area (Å²) in [5, 5.41) is 6.41. The second-order valence-electron chi connectivity index (χ2n) is 9.70. The Morgan fingerprint density at radius 3 is 2.45 bits per heavy atom. The van der Waals surface area contributed by atoms with E-state index in [1.165, 1.54) is 25.5 Å². The van der Waals surface area contributed by atoms with Gasteiger partial charge < -0.3 is 20.3 Å². The van der Waals surface area contributed by atoms with Crippen LogP contribution in [0.15, 0.2) is 47.4 Å². The molecule has 2 N–H and O–H groups in total. The first-order valence-corrected chi connectivity index (χ1v) is 14.6. The van der Waals surface area contributed by atoms with Crippen LogP contribution >= 0.6 is 0 Å². The largest absolute Gasteiger partial charge is 0.375 e. The number of ether oxygens (including phenoxy) is 1. The average molecular weight is 545 g/mol. The van der Waals surface area contributed by atoms with Gasteiger partial charge in [-0.15, -0.1) is 0 Å². The molecule has 0 aliphatic carbocycles. The summed E-state index contributed by atoms with van der Waals surface area (Å²) >= 11 is 0. The minimum atomic E-state index is -3.47. The number of fused-ring (bicyclic) bond motifs is 1. The number of methoxy groups -OCH3 is 1. The molecule has 0 bridgehead atoms. The summed E-state index contributed by atoms with van der Waals surface area (Å²) in [6, 6.07) is 12.2. The maximum absolute atomic E-state index is 13.0. The molecular formula is C28H40N4O5S. The van der Waals surface area contributed by atoms with Gasteiger partial charge in [0.2, 0.25) is 10.0 Å². The number of carbonyl (C=O) groups is 2. The lowest BCUT2D eigenvalue weighted by Gasteiger charge is -2.26. The predicted molar refractivity (Wildman–Crippen MR) is 149 cm³/mol. The van der Waals surface area contributed by atoms with E-state index in [2.05, 4.69) is 10.6 Å². The first-order chi connectivity index (χ1) is 18.2. The Kier molecular flexibility index (Phi) is 11.3. The summed E-state index contributed by atoms with van der Waals surface area (Å²) in [5.41, 5.74) is 3.17. The molecule has 0 saturated carbocycles. The molecule has 2 aromatic rings. The molecule has 208 valence electrons. The second kappa shape index (κ2) is 14.4. The number of nitrogens with one attached hydrogen (secondary N) is 2. The first-order valence-electron chi connectivity index (χ1n) is 13.2. The third-order valence-corrected chi connectivity index (χ3v) is 8.48. The summed E-state index contributed by atoms with van der Waals surface area (Å²) in [7, 11) is 1.05. The van der Waals surface area contributed by atoms with Crippen LogP contribution in [0, 0.1) is 0 Å². The summed E-state index contributed by atoms with van der Waals surface area (Å²) < 4.78 is 30.8. The van der Waals surface area contributed by atoms with E-state index in [1.54, 1.807) is 35.2 Å². The molecule has 1 aliphatic heterocycles. The van der Waals surface area contributed by atoms with E-state index in [-0.39, 0.29) is 23.3 Å². The first kappa shape index (κ1) is 29.8. The molecule has 1 aliphatic rings. The van der Waals surface area contributed by atoms with E-state index in [0.717, 1.165) is 55.5 Å². The molecule has 3 rings (SSSR count). The molecule has 0 spiro atoms. The number of rotatable bonds is 8. The molecule has 0 atom stereocenters.